The van der Waals surface area contributed by atoms with Crippen LogP contribution in [0.2, 0.25) is 0 Å². The van der Waals surface area contributed by atoms with Crippen LogP contribution in [-0.4, -0.2) is 48.8 Å². The van der Waals surface area contributed by atoms with E-state index in [1.807, 2.05) is 20.8 Å². The van der Waals surface area contributed by atoms with Crippen LogP contribution in [0.3, 0.4) is 0 Å². The molecule has 0 bridgehead atoms. The summed E-state index contributed by atoms with van der Waals surface area (Å²) in [7, 11) is 2.06. The summed E-state index contributed by atoms with van der Waals surface area (Å²) >= 11 is 0. The van der Waals surface area contributed by atoms with Gasteiger partial charge in [-0.05, 0) is 47.1 Å². The Hall–Kier alpha value is -0.810. The molecule has 0 saturated carbocycles. The van der Waals surface area contributed by atoms with E-state index < -0.39 is 5.60 Å². The largest absolute Gasteiger partial charge is 0.444 e. The maximum Gasteiger partial charge on any atom is 0.407 e. The van der Waals surface area contributed by atoms with Crippen LogP contribution in [0.25, 0.3) is 0 Å². The highest BCUT2D eigenvalue weighted by Crippen LogP contribution is 2.12. The Morgan fingerprint density at radius 3 is 2.25 bits per heavy atom. The summed E-state index contributed by atoms with van der Waals surface area (Å²) in [6.45, 7) is 13.2. The molecule has 5 nitrogen and oxygen atoms in total. The first-order valence-corrected chi connectivity index (χ1v) is 7.45. The van der Waals surface area contributed by atoms with Crippen molar-refractivity contribution in [2.24, 2.45) is 11.7 Å². The second-order valence-electron chi connectivity index (χ2n) is 6.92. The van der Waals surface area contributed by atoms with E-state index in [0.717, 1.165) is 6.42 Å². The summed E-state index contributed by atoms with van der Waals surface area (Å²) in [5.74, 6) is 0.643. The molecule has 0 aliphatic carbocycles. The van der Waals surface area contributed by atoms with Crippen molar-refractivity contribution in [3.05, 3.63) is 0 Å². The molecular weight excluding hydrogens is 254 g/mol. The number of nitrogens with one attached hydrogen (secondary N) is 1. The van der Waals surface area contributed by atoms with Crippen molar-refractivity contribution in [3.63, 3.8) is 0 Å². The van der Waals surface area contributed by atoms with E-state index in [2.05, 4.69) is 38.0 Å². The Morgan fingerprint density at radius 2 is 1.85 bits per heavy atom. The van der Waals surface area contributed by atoms with E-state index in [1.165, 1.54) is 0 Å². The highest BCUT2D eigenvalue weighted by molar-refractivity contribution is 5.67. The molecule has 0 aromatic heterocycles. The number of amides is 1. The summed E-state index contributed by atoms with van der Waals surface area (Å²) < 4.78 is 5.23. The van der Waals surface area contributed by atoms with Crippen molar-refractivity contribution in [1.82, 2.24) is 10.2 Å². The molecule has 0 aromatic carbocycles. The zero-order valence-corrected chi connectivity index (χ0v) is 14.2. The first-order chi connectivity index (χ1) is 9.06. The van der Waals surface area contributed by atoms with Gasteiger partial charge in [-0.2, -0.15) is 0 Å². The van der Waals surface area contributed by atoms with E-state index in [-0.39, 0.29) is 12.1 Å². The molecule has 0 fully saturated rings. The van der Waals surface area contributed by atoms with Gasteiger partial charge in [-0.1, -0.05) is 13.8 Å². The van der Waals surface area contributed by atoms with Gasteiger partial charge in [-0.25, -0.2) is 4.79 Å². The molecule has 0 radical (unpaired) electrons. The lowest BCUT2D eigenvalue weighted by Gasteiger charge is -2.33. The van der Waals surface area contributed by atoms with Crippen LogP contribution in [0.15, 0.2) is 0 Å². The first-order valence-electron chi connectivity index (χ1n) is 7.45. The second-order valence-corrected chi connectivity index (χ2v) is 6.92. The minimum Gasteiger partial charge on any atom is -0.444 e. The maximum absolute atomic E-state index is 11.7. The molecule has 20 heavy (non-hydrogen) atoms. The number of likely N-dealkylation sites (N-methyl/N-ethyl adjacent to an activating group) is 1. The maximum atomic E-state index is 11.7. The van der Waals surface area contributed by atoms with Crippen LogP contribution in [-0.2, 0) is 4.74 Å². The van der Waals surface area contributed by atoms with Crippen LogP contribution in [0.4, 0.5) is 4.79 Å². The van der Waals surface area contributed by atoms with Gasteiger partial charge in [0.25, 0.3) is 0 Å². The Kier molecular flexibility index (Phi) is 8.13. The highest BCUT2D eigenvalue weighted by Gasteiger charge is 2.21. The fourth-order valence-corrected chi connectivity index (χ4v) is 2.12. The van der Waals surface area contributed by atoms with Crippen molar-refractivity contribution in [2.75, 3.05) is 20.1 Å². The van der Waals surface area contributed by atoms with Gasteiger partial charge >= 0.3 is 6.09 Å². The number of nitrogens with zero attached hydrogens (tertiary/aromatic N) is 1. The number of alkyl carbamates (subject to hydrolysis) is 1. The van der Waals surface area contributed by atoms with Gasteiger partial charge in [0.05, 0.1) is 0 Å². The van der Waals surface area contributed by atoms with Crippen LogP contribution in [0.1, 0.15) is 48.0 Å². The van der Waals surface area contributed by atoms with Gasteiger partial charge in [0.2, 0.25) is 0 Å². The third-order valence-corrected chi connectivity index (χ3v) is 3.24. The Balaban J connectivity index is 4.30. The molecule has 0 saturated heterocycles. The molecule has 0 spiro atoms. The number of carbonyl (C=O) groups excluding carboxylic acids is 1. The number of rotatable bonds is 7. The lowest BCUT2D eigenvalue weighted by atomic mass is 10.0. The highest BCUT2D eigenvalue weighted by atomic mass is 16.6. The summed E-state index contributed by atoms with van der Waals surface area (Å²) in [4.78, 5) is 13.9. The topological polar surface area (TPSA) is 67.6 Å². The third-order valence-electron chi connectivity index (χ3n) is 3.24. The summed E-state index contributed by atoms with van der Waals surface area (Å²) in [6.07, 6.45) is 0.722. The quantitative estimate of drug-likeness (QED) is 0.753. The average Bonchev–Trinajstić information content (AvgIpc) is 2.26. The van der Waals surface area contributed by atoms with Crippen molar-refractivity contribution in [3.8, 4) is 0 Å². The van der Waals surface area contributed by atoms with Crippen molar-refractivity contribution in [2.45, 2.75) is 65.6 Å². The Morgan fingerprint density at radius 1 is 1.30 bits per heavy atom. The Labute approximate surface area is 124 Å². The lowest BCUT2D eigenvalue weighted by molar-refractivity contribution is 0.0504. The van der Waals surface area contributed by atoms with Crippen LogP contribution >= 0.6 is 0 Å². The van der Waals surface area contributed by atoms with Crippen LogP contribution in [0.5, 0.6) is 0 Å². The van der Waals surface area contributed by atoms with Gasteiger partial charge in [-0.15, -0.1) is 0 Å². The van der Waals surface area contributed by atoms with Gasteiger partial charge in [-0.3, -0.25) is 4.90 Å². The lowest BCUT2D eigenvalue weighted by Crippen LogP contribution is -2.50. The predicted octanol–water partition coefficient (Wildman–Crippen LogP) is 2.20. The van der Waals surface area contributed by atoms with Crippen LogP contribution < -0.4 is 11.1 Å². The van der Waals surface area contributed by atoms with Crippen molar-refractivity contribution < 1.29 is 9.53 Å². The smallest absolute Gasteiger partial charge is 0.407 e. The van der Waals surface area contributed by atoms with Gasteiger partial charge in [0.1, 0.15) is 5.60 Å². The molecule has 3 N–H and O–H groups in total. The van der Waals surface area contributed by atoms with E-state index >= 15 is 0 Å². The molecule has 0 aromatic rings. The standard InChI is InChI=1S/C15H33N3O2/c1-11(2)8-12(3)18(7)13(9-16)10-17-14(19)20-15(4,5)6/h11-13H,8-10,16H2,1-7H3,(H,17,19). The van der Waals surface area contributed by atoms with Crippen LogP contribution in [0, 0.1) is 5.92 Å². The molecule has 0 aliphatic heterocycles. The SMILES string of the molecule is CC(C)CC(C)N(C)C(CN)CNC(=O)OC(C)(C)C. The number of hydrogen-bond donors (Lipinski definition) is 2. The zero-order chi connectivity index (χ0) is 15.9. The summed E-state index contributed by atoms with van der Waals surface area (Å²) in [6, 6.07) is 0.556. The molecule has 5 heteroatoms. The van der Waals surface area contributed by atoms with E-state index in [9.17, 15) is 4.79 Å². The monoisotopic (exact) mass is 287 g/mol. The van der Waals surface area contributed by atoms with Crippen molar-refractivity contribution in [1.29, 1.82) is 0 Å². The van der Waals surface area contributed by atoms with Gasteiger partial charge in [0.15, 0.2) is 0 Å². The first kappa shape index (κ1) is 19.2. The molecule has 1 amide bonds. The number of hydrogen-bond acceptors (Lipinski definition) is 4. The van der Waals surface area contributed by atoms with Gasteiger partial charge in [0, 0.05) is 25.2 Å². The zero-order valence-electron chi connectivity index (χ0n) is 14.2. The number of ether oxygens (including phenoxy) is 1. The number of nitrogens with two attached hydrogens (primary N) is 1. The molecule has 0 aliphatic rings. The molecule has 2 atom stereocenters. The molecule has 0 rings (SSSR count). The average molecular weight is 287 g/mol. The molecule has 0 heterocycles. The Bertz CT molecular complexity index is 287. The van der Waals surface area contributed by atoms with E-state index in [0.29, 0.717) is 25.0 Å². The van der Waals surface area contributed by atoms with E-state index in [4.69, 9.17) is 10.5 Å². The predicted molar refractivity (Wildman–Crippen MR) is 83.8 cm³/mol. The molecule has 120 valence electrons. The fraction of sp³-hybridized carbons (Fsp3) is 0.933. The van der Waals surface area contributed by atoms with Gasteiger partial charge < -0.3 is 15.8 Å². The minimum absolute atomic E-state index is 0.122. The van der Waals surface area contributed by atoms with Crippen molar-refractivity contribution >= 4 is 6.09 Å². The molecular formula is C15H33N3O2. The third kappa shape index (κ3) is 8.38. The number of carbonyl (C=O) groups is 1. The summed E-state index contributed by atoms with van der Waals surface area (Å²) in [5.41, 5.74) is 5.35. The molecule has 2 unspecified atom stereocenters. The normalized spacial score (nSPS) is 15.3. The summed E-state index contributed by atoms with van der Waals surface area (Å²) in [5, 5.41) is 2.80. The second kappa shape index (κ2) is 8.47. The van der Waals surface area contributed by atoms with E-state index in [1.54, 1.807) is 0 Å². The fourth-order valence-electron chi connectivity index (χ4n) is 2.12. The minimum atomic E-state index is -0.473.